The summed E-state index contributed by atoms with van der Waals surface area (Å²) >= 11 is 0. The topological polar surface area (TPSA) is 125 Å². The third-order valence-electron chi connectivity index (χ3n) is 5.44. The summed E-state index contributed by atoms with van der Waals surface area (Å²) < 4.78 is 32.9. The Morgan fingerprint density at radius 1 is 1.25 bits per heavy atom. The number of ether oxygens (including phenoxy) is 1. The Hall–Kier alpha value is -3.47. The fraction of sp³-hybridized carbons (Fsp3) is 0.333. The third kappa shape index (κ3) is 3.68. The minimum Gasteiger partial charge on any atom is -0.449 e. The molecule has 0 bridgehead atoms. The molecule has 1 aromatic rings. The monoisotopic (exact) mass is 458 g/mol. The number of anilines is 2. The highest BCUT2D eigenvalue weighted by Crippen LogP contribution is 2.37. The van der Waals surface area contributed by atoms with Crippen LogP contribution in [0.1, 0.15) is 20.8 Å². The first-order valence-corrected chi connectivity index (χ1v) is 11.6. The van der Waals surface area contributed by atoms with Gasteiger partial charge in [-0.25, -0.2) is 13.2 Å². The zero-order valence-corrected chi connectivity index (χ0v) is 18.5. The second-order valence-electron chi connectivity index (χ2n) is 8.07. The Kier molecular flexibility index (Phi) is 5.16. The molecule has 1 atom stereocenters. The average Bonchev–Trinajstić information content (AvgIpc) is 2.73. The molecule has 3 aliphatic rings. The smallest absolute Gasteiger partial charge is 0.342 e. The fourth-order valence-corrected chi connectivity index (χ4v) is 4.66. The van der Waals surface area contributed by atoms with E-state index < -0.39 is 33.5 Å². The molecule has 11 heteroatoms. The van der Waals surface area contributed by atoms with Gasteiger partial charge in [0.2, 0.25) is 5.91 Å². The van der Waals surface area contributed by atoms with Gasteiger partial charge in [0, 0.05) is 12.7 Å². The molecule has 0 aromatic heterocycles. The zero-order valence-electron chi connectivity index (χ0n) is 17.7. The third-order valence-corrected chi connectivity index (χ3v) is 6.59. The summed E-state index contributed by atoms with van der Waals surface area (Å²) in [5.41, 5.74) is -0.330. The molecule has 4 rings (SSSR count). The van der Waals surface area contributed by atoms with Crippen molar-refractivity contribution in [3.05, 3.63) is 48.2 Å². The number of carbonyl (C=O) groups excluding carboxylic acids is 3. The highest BCUT2D eigenvalue weighted by molar-refractivity contribution is 7.90. The van der Waals surface area contributed by atoms with Crippen molar-refractivity contribution >= 4 is 45.0 Å². The minimum absolute atomic E-state index is 0.0357. The van der Waals surface area contributed by atoms with Gasteiger partial charge in [-0.15, -0.1) is 4.40 Å². The van der Waals surface area contributed by atoms with Gasteiger partial charge in [-0.3, -0.25) is 14.5 Å². The standard InChI is InChI=1S/C21H22N4O6S/c1-13(18(26)25-16-9-5-4-8-15(16)22-20(28)21(25,2)3)31-19(27)14-7-6-10-24-11-12-32(29,30)23-17(14)24/h4-10,13H,11-12H2,1-3H3,(H,22,28)/t13-/m1/s1. The molecular weight excluding hydrogens is 436 g/mol. The van der Waals surface area contributed by atoms with Gasteiger partial charge in [-0.05, 0) is 45.1 Å². The van der Waals surface area contributed by atoms with Crippen molar-refractivity contribution in [3.8, 4) is 0 Å². The lowest BCUT2D eigenvalue weighted by Crippen LogP contribution is -2.60. The summed E-state index contributed by atoms with van der Waals surface area (Å²) in [6.07, 6.45) is 3.34. The number of sulfonamides is 1. The number of esters is 1. The fourth-order valence-electron chi connectivity index (χ4n) is 3.68. The molecule has 168 valence electrons. The number of rotatable bonds is 3. The quantitative estimate of drug-likeness (QED) is 0.674. The Bertz CT molecular complexity index is 1210. The van der Waals surface area contributed by atoms with Crippen LogP contribution in [0, 0.1) is 0 Å². The van der Waals surface area contributed by atoms with Gasteiger partial charge >= 0.3 is 5.97 Å². The van der Waals surface area contributed by atoms with Crippen molar-refractivity contribution in [2.24, 2.45) is 4.40 Å². The molecule has 0 fully saturated rings. The first kappa shape index (κ1) is 21.8. The summed E-state index contributed by atoms with van der Waals surface area (Å²) in [5.74, 6) is -2.05. The molecular formula is C21H22N4O6S. The molecule has 10 nitrogen and oxygen atoms in total. The Morgan fingerprint density at radius 3 is 2.72 bits per heavy atom. The summed E-state index contributed by atoms with van der Waals surface area (Å²) in [4.78, 5) is 41.6. The lowest BCUT2D eigenvalue weighted by atomic mass is 9.95. The van der Waals surface area contributed by atoms with E-state index in [0.717, 1.165) is 0 Å². The van der Waals surface area contributed by atoms with Crippen LogP contribution in [0.15, 0.2) is 52.6 Å². The van der Waals surface area contributed by atoms with E-state index in [1.54, 1.807) is 55.3 Å². The molecule has 0 saturated heterocycles. The normalized spacial score (nSPS) is 21.4. The number of hydrogen-bond donors (Lipinski definition) is 1. The molecule has 1 N–H and O–H groups in total. The number of benzene rings is 1. The van der Waals surface area contributed by atoms with Crippen LogP contribution >= 0.6 is 0 Å². The number of fused-ring (bicyclic) bond motifs is 2. The van der Waals surface area contributed by atoms with E-state index >= 15 is 0 Å². The second-order valence-corrected chi connectivity index (χ2v) is 9.82. The number of para-hydroxylation sites is 2. The largest absolute Gasteiger partial charge is 0.449 e. The van der Waals surface area contributed by atoms with E-state index in [1.165, 1.54) is 17.9 Å². The van der Waals surface area contributed by atoms with Crippen LogP contribution in [0.4, 0.5) is 11.4 Å². The summed E-state index contributed by atoms with van der Waals surface area (Å²) in [5, 5.41) is 2.77. The number of amidine groups is 1. The molecule has 32 heavy (non-hydrogen) atoms. The van der Waals surface area contributed by atoms with Crippen molar-refractivity contribution in [3.63, 3.8) is 0 Å². The minimum atomic E-state index is -3.69. The van der Waals surface area contributed by atoms with Crippen LogP contribution in [0.5, 0.6) is 0 Å². The van der Waals surface area contributed by atoms with Crippen molar-refractivity contribution < 1.29 is 27.5 Å². The van der Waals surface area contributed by atoms with Gasteiger partial charge in [0.25, 0.3) is 15.9 Å². The first-order valence-electron chi connectivity index (χ1n) is 9.95. The molecule has 3 aliphatic heterocycles. The van der Waals surface area contributed by atoms with Gasteiger partial charge in [0.1, 0.15) is 11.1 Å². The van der Waals surface area contributed by atoms with Crippen LogP contribution in [-0.2, 0) is 29.1 Å². The van der Waals surface area contributed by atoms with Crippen molar-refractivity contribution in [2.45, 2.75) is 32.4 Å². The van der Waals surface area contributed by atoms with E-state index in [-0.39, 0.29) is 29.6 Å². The molecule has 0 unspecified atom stereocenters. The summed E-state index contributed by atoms with van der Waals surface area (Å²) in [6, 6.07) is 6.84. The molecule has 0 aliphatic carbocycles. The van der Waals surface area contributed by atoms with Crippen LogP contribution in [-0.4, -0.2) is 60.9 Å². The Balaban J connectivity index is 1.60. The van der Waals surface area contributed by atoms with E-state index in [2.05, 4.69) is 9.71 Å². The Labute approximate surface area is 185 Å². The van der Waals surface area contributed by atoms with E-state index in [9.17, 15) is 22.8 Å². The number of allylic oxidation sites excluding steroid dienone is 2. The van der Waals surface area contributed by atoms with E-state index in [4.69, 9.17) is 4.74 Å². The van der Waals surface area contributed by atoms with Gasteiger partial charge in [0.05, 0.1) is 17.1 Å². The molecule has 1 aromatic carbocycles. The number of nitrogens with zero attached hydrogens (tertiary/aromatic N) is 3. The van der Waals surface area contributed by atoms with Gasteiger partial charge in [-0.1, -0.05) is 12.1 Å². The van der Waals surface area contributed by atoms with Crippen LogP contribution in [0.25, 0.3) is 0 Å². The Morgan fingerprint density at radius 2 is 1.97 bits per heavy atom. The number of carbonyl (C=O) groups is 3. The van der Waals surface area contributed by atoms with Gasteiger partial charge in [-0.2, -0.15) is 0 Å². The lowest BCUT2D eigenvalue weighted by Gasteiger charge is -2.42. The molecule has 0 saturated carbocycles. The lowest BCUT2D eigenvalue weighted by molar-refractivity contribution is -0.150. The van der Waals surface area contributed by atoms with E-state index in [1.807, 2.05) is 0 Å². The van der Waals surface area contributed by atoms with Gasteiger partial charge < -0.3 is 15.0 Å². The van der Waals surface area contributed by atoms with E-state index in [0.29, 0.717) is 11.4 Å². The summed E-state index contributed by atoms with van der Waals surface area (Å²) in [6.45, 7) is 4.75. The molecule has 2 amide bonds. The van der Waals surface area contributed by atoms with Crippen LogP contribution in [0.3, 0.4) is 0 Å². The SMILES string of the molecule is C[C@@H](OC(=O)C1=CC=CN2CCS(=O)(=O)N=C12)C(=O)N1c2ccccc2NC(=O)C1(C)C. The maximum absolute atomic E-state index is 13.3. The van der Waals surface area contributed by atoms with Gasteiger partial charge in [0.15, 0.2) is 11.9 Å². The predicted molar refractivity (Wildman–Crippen MR) is 117 cm³/mol. The molecule has 3 heterocycles. The number of amides is 2. The second kappa shape index (κ2) is 7.59. The maximum Gasteiger partial charge on any atom is 0.342 e. The number of nitrogens with one attached hydrogen (secondary N) is 1. The zero-order chi connectivity index (χ0) is 23.3. The maximum atomic E-state index is 13.3. The highest BCUT2D eigenvalue weighted by Gasteiger charge is 2.45. The molecule has 0 radical (unpaired) electrons. The van der Waals surface area contributed by atoms with Crippen molar-refractivity contribution in [2.75, 3.05) is 22.5 Å². The highest BCUT2D eigenvalue weighted by atomic mass is 32.2. The summed E-state index contributed by atoms with van der Waals surface area (Å²) in [7, 11) is -3.69. The number of hydrogen-bond acceptors (Lipinski definition) is 7. The van der Waals surface area contributed by atoms with Crippen LogP contribution < -0.4 is 10.2 Å². The van der Waals surface area contributed by atoms with Crippen LogP contribution in [0.2, 0.25) is 0 Å². The van der Waals surface area contributed by atoms with Crippen molar-refractivity contribution in [1.82, 2.24) is 4.90 Å². The average molecular weight is 458 g/mol. The van der Waals surface area contributed by atoms with Crippen molar-refractivity contribution in [1.29, 1.82) is 0 Å². The predicted octanol–water partition coefficient (Wildman–Crippen LogP) is 1.18. The first-order chi connectivity index (χ1) is 15.0. The molecule has 0 spiro atoms.